The Balaban J connectivity index is 1.39. The summed E-state index contributed by atoms with van der Waals surface area (Å²) in [5, 5.41) is 10.7. The Labute approximate surface area is 198 Å². The van der Waals surface area contributed by atoms with Crippen molar-refractivity contribution in [2.45, 2.75) is 13.0 Å². The predicted molar refractivity (Wildman–Crippen MR) is 128 cm³/mol. The van der Waals surface area contributed by atoms with Crippen LogP contribution in [0, 0.1) is 0 Å². The van der Waals surface area contributed by atoms with Gasteiger partial charge in [-0.1, -0.05) is 23.2 Å². The highest BCUT2D eigenvalue weighted by Gasteiger charge is 2.16. The van der Waals surface area contributed by atoms with E-state index in [9.17, 15) is 9.59 Å². The normalized spacial score (nSPS) is 11.7. The molecule has 4 aromatic rings. The molecule has 0 saturated heterocycles. The van der Waals surface area contributed by atoms with Crippen LogP contribution in [0.3, 0.4) is 0 Å². The first-order valence-electron chi connectivity index (χ1n) is 9.52. The fourth-order valence-electron chi connectivity index (χ4n) is 2.92. The van der Waals surface area contributed by atoms with Crippen LogP contribution in [0.2, 0.25) is 10.0 Å². The summed E-state index contributed by atoms with van der Waals surface area (Å²) in [4.78, 5) is 30.3. The lowest BCUT2D eigenvalue weighted by atomic mass is 10.2. The first kappa shape index (κ1) is 22.0. The highest BCUT2D eigenvalue weighted by atomic mass is 35.5. The smallest absolute Gasteiger partial charge is 0.265 e. The molecule has 32 heavy (non-hydrogen) atoms. The average Bonchev–Trinajstić information content (AvgIpc) is 3.46. The zero-order valence-electron chi connectivity index (χ0n) is 16.8. The lowest BCUT2D eigenvalue weighted by Gasteiger charge is -2.12. The number of nitrogens with zero attached hydrogens (tertiary/aromatic N) is 3. The Morgan fingerprint density at radius 3 is 2.25 bits per heavy atom. The van der Waals surface area contributed by atoms with Crippen molar-refractivity contribution < 1.29 is 9.59 Å². The molecule has 0 aliphatic rings. The number of benzene rings is 2. The molecule has 0 bridgehead atoms. The van der Waals surface area contributed by atoms with Crippen molar-refractivity contribution in [3.05, 3.63) is 82.2 Å². The van der Waals surface area contributed by atoms with Crippen molar-refractivity contribution >= 4 is 57.7 Å². The van der Waals surface area contributed by atoms with Gasteiger partial charge in [0.15, 0.2) is 0 Å². The molecular formula is C22H17Cl2N5O2S. The topological polar surface area (TPSA) is 88.9 Å². The molecule has 2 N–H and O–H groups in total. The van der Waals surface area contributed by atoms with E-state index in [4.69, 9.17) is 23.2 Å². The van der Waals surface area contributed by atoms with Crippen molar-refractivity contribution in [3.63, 3.8) is 0 Å². The number of hydrogen-bond donors (Lipinski definition) is 2. The van der Waals surface area contributed by atoms with Crippen LogP contribution in [0.15, 0.2) is 67.3 Å². The monoisotopic (exact) mass is 485 g/mol. The summed E-state index contributed by atoms with van der Waals surface area (Å²) in [6, 6.07) is 15.3. The number of hydrogen-bond acceptors (Lipinski definition) is 5. The molecule has 0 fully saturated rings. The minimum absolute atomic E-state index is 0.223. The van der Waals surface area contributed by atoms with Gasteiger partial charge in [-0.3, -0.25) is 9.59 Å². The van der Waals surface area contributed by atoms with Crippen LogP contribution in [0.4, 0.5) is 11.4 Å². The maximum Gasteiger partial charge on any atom is 0.265 e. The van der Waals surface area contributed by atoms with Gasteiger partial charge in [0.05, 0.1) is 4.88 Å². The lowest BCUT2D eigenvalue weighted by molar-refractivity contribution is -0.119. The number of carbonyl (C=O) groups excluding carboxylic acids is 2. The number of aromatic nitrogens is 3. The minimum atomic E-state index is -0.501. The third kappa shape index (κ3) is 5.16. The summed E-state index contributed by atoms with van der Waals surface area (Å²) in [6.45, 7) is 1.73. The van der Waals surface area contributed by atoms with E-state index in [1.807, 2.05) is 6.07 Å². The van der Waals surface area contributed by atoms with Gasteiger partial charge in [-0.2, -0.15) is 5.10 Å². The fourth-order valence-corrected chi connectivity index (χ4v) is 4.34. The fraction of sp³-hybridized carbons (Fsp3) is 0.0909. The van der Waals surface area contributed by atoms with Gasteiger partial charge >= 0.3 is 0 Å². The van der Waals surface area contributed by atoms with E-state index in [0.717, 1.165) is 10.4 Å². The lowest BCUT2D eigenvalue weighted by Crippen LogP contribution is -2.24. The molecule has 0 radical (unpaired) electrons. The quantitative estimate of drug-likeness (QED) is 0.363. The van der Waals surface area contributed by atoms with Crippen molar-refractivity contribution in [2.75, 3.05) is 10.6 Å². The van der Waals surface area contributed by atoms with Gasteiger partial charge in [0.2, 0.25) is 5.91 Å². The van der Waals surface area contributed by atoms with Crippen molar-refractivity contribution in [1.29, 1.82) is 0 Å². The van der Waals surface area contributed by atoms with Gasteiger partial charge in [-0.25, -0.2) is 9.67 Å². The van der Waals surface area contributed by atoms with Crippen LogP contribution in [0.1, 0.15) is 22.6 Å². The third-order valence-corrected chi connectivity index (χ3v) is 6.17. The van der Waals surface area contributed by atoms with Crippen molar-refractivity contribution in [3.8, 4) is 10.4 Å². The average molecular weight is 486 g/mol. The minimum Gasteiger partial charge on any atom is -0.324 e. The summed E-state index contributed by atoms with van der Waals surface area (Å²) in [7, 11) is 0. The maximum absolute atomic E-state index is 12.6. The Morgan fingerprint density at radius 1 is 0.969 bits per heavy atom. The molecule has 1 unspecified atom stereocenters. The van der Waals surface area contributed by atoms with E-state index in [1.165, 1.54) is 28.7 Å². The number of halogens is 2. The molecule has 0 spiro atoms. The number of thiophene rings is 1. The third-order valence-electron chi connectivity index (χ3n) is 4.60. The Bertz CT molecular complexity index is 1240. The van der Waals surface area contributed by atoms with E-state index >= 15 is 0 Å². The van der Waals surface area contributed by atoms with E-state index in [-0.39, 0.29) is 11.8 Å². The predicted octanol–water partition coefficient (Wildman–Crippen LogP) is 5.77. The Hall–Kier alpha value is -3.20. The molecule has 7 nitrogen and oxygen atoms in total. The number of anilines is 2. The molecule has 1 atom stereocenters. The number of amides is 2. The standard InChI is InChI=1S/C22H17Cl2N5O2S/c1-13(29-12-25-11-26-29)21(30)27-17-2-4-18(5-3-17)28-22(31)20-7-6-19(32-20)14-8-15(23)10-16(24)9-14/h2-13H,1H3,(H,27,30)(H,28,31). The van der Waals surface area contributed by atoms with Crippen LogP contribution < -0.4 is 10.6 Å². The second-order valence-corrected chi connectivity index (χ2v) is 8.85. The van der Waals surface area contributed by atoms with Crippen LogP contribution in [-0.2, 0) is 4.79 Å². The van der Waals surface area contributed by atoms with E-state index in [1.54, 1.807) is 55.5 Å². The molecule has 2 amide bonds. The molecule has 0 aliphatic heterocycles. The summed E-state index contributed by atoms with van der Waals surface area (Å²) >= 11 is 13.5. The molecule has 162 valence electrons. The summed E-state index contributed by atoms with van der Waals surface area (Å²) in [5.74, 6) is -0.453. The number of rotatable bonds is 6. The van der Waals surface area contributed by atoms with Crippen LogP contribution in [0.5, 0.6) is 0 Å². The zero-order valence-corrected chi connectivity index (χ0v) is 19.1. The molecule has 2 aromatic carbocycles. The van der Waals surface area contributed by atoms with Gasteiger partial charge in [0.25, 0.3) is 5.91 Å². The van der Waals surface area contributed by atoms with Gasteiger partial charge in [-0.05, 0) is 67.1 Å². The summed E-state index contributed by atoms with van der Waals surface area (Å²) in [5.41, 5.74) is 2.07. The second-order valence-electron chi connectivity index (χ2n) is 6.89. The first-order valence-corrected chi connectivity index (χ1v) is 11.1. The highest BCUT2D eigenvalue weighted by Crippen LogP contribution is 2.32. The molecule has 0 saturated carbocycles. The van der Waals surface area contributed by atoms with Gasteiger partial charge in [-0.15, -0.1) is 11.3 Å². The number of nitrogens with one attached hydrogen (secondary N) is 2. The second kappa shape index (κ2) is 9.52. The number of carbonyl (C=O) groups is 2. The zero-order chi connectivity index (χ0) is 22.7. The van der Waals surface area contributed by atoms with Crippen molar-refractivity contribution in [2.24, 2.45) is 0 Å². The molecule has 0 aliphatic carbocycles. The molecule has 10 heteroatoms. The molecular weight excluding hydrogens is 469 g/mol. The van der Waals surface area contributed by atoms with E-state index in [0.29, 0.717) is 26.3 Å². The molecule has 2 aromatic heterocycles. The highest BCUT2D eigenvalue weighted by molar-refractivity contribution is 7.17. The SMILES string of the molecule is CC(C(=O)Nc1ccc(NC(=O)c2ccc(-c3cc(Cl)cc(Cl)c3)s2)cc1)n1cncn1. The van der Waals surface area contributed by atoms with Crippen molar-refractivity contribution in [1.82, 2.24) is 14.8 Å². The van der Waals surface area contributed by atoms with Crippen LogP contribution in [0.25, 0.3) is 10.4 Å². The summed E-state index contributed by atoms with van der Waals surface area (Å²) < 4.78 is 1.47. The summed E-state index contributed by atoms with van der Waals surface area (Å²) in [6.07, 6.45) is 2.86. The van der Waals surface area contributed by atoms with E-state index < -0.39 is 6.04 Å². The van der Waals surface area contributed by atoms with Crippen LogP contribution in [-0.4, -0.2) is 26.6 Å². The largest absolute Gasteiger partial charge is 0.324 e. The molecule has 4 rings (SSSR count). The van der Waals surface area contributed by atoms with Crippen LogP contribution >= 0.6 is 34.5 Å². The van der Waals surface area contributed by atoms with E-state index in [2.05, 4.69) is 20.7 Å². The van der Waals surface area contributed by atoms with Gasteiger partial charge in [0.1, 0.15) is 18.7 Å². The Morgan fingerprint density at radius 2 is 1.62 bits per heavy atom. The molecule has 2 heterocycles. The van der Waals surface area contributed by atoms with Gasteiger partial charge < -0.3 is 10.6 Å². The first-order chi connectivity index (χ1) is 15.4. The van der Waals surface area contributed by atoms with Gasteiger partial charge in [0, 0.05) is 26.3 Å². The maximum atomic E-state index is 12.6. The Kier molecular flexibility index (Phi) is 6.55.